The van der Waals surface area contributed by atoms with E-state index in [1.54, 1.807) is 6.07 Å². The molecule has 0 amide bonds. The van der Waals surface area contributed by atoms with Gasteiger partial charge in [0.2, 0.25) is 0 Å². The van der Waals surface area contributed by atoms with Crippen LogP contribution in [0.2, 0.25) is 0 Å². The highest BCUT2D eigenvalue weighted by molar-refractivity contribution is 8.14. The zero-order chi connectivity index (χ0) is 16.3. The van der Waals surface area contributed by atoms with Crippen molar-refractivity contribution in [2.24, 2.45) is 0 Å². The smallest absolute Gasteiger partial charge is 0.258 e. The van der Waals surface area contributed by atoms with Gasteiger partial charge in [-0.1, -0.05) is 11.8 Å². The van der Waals surface area contributed by atoms with Gasteiger partial charge in [0.25, 0.3) is 5.56 Å². The van der Waals surface area contributed by atoms with Crippen molar-refractivity contribution in [3.8, 4) is 6.07 Å². The Labute approximate surface area is 128 Å². The molecule has 1 heterocycles. The average Bonchev–Trinajstić information content (AvgIpc) is 2.46. The number of nitriles is 1. The molecule has 0 spiro atoms. The molecule has 0 radical (unpaired) electrons. The highest BCUT2D eigenvalue weighted by Crippen LogP contribution is 2.17. The van der Waals surface area contributed by atoms with Crippen molar-refractivity contribution in [3.63, 3.8) is 0 Å². The Morgan fingerprint density at radius 2 is 2.23 bits per heavy atom. The number of carbonyl (C=O) groups excluding carboxylic acids is 2. The second kappa shape index (κ2) is 6.49. The molecule has 0 aliphatic rings. The maximum Gasteiger partial charge on any atom is 0.258 e. The van der Waals surface area contributed by atoms with Gasteiger partial charge >= 0.3 is 0 Å². The molecule has 22 heavy (non-hydrogen) atoms. The minimum Gasteiger partial charge on any atom is -0.308 e. The van der Waals surface area contributed by atoms with E-state index in [0.29, 0.717) is 0 Å². The summed E-state index contributed by atoms with van der Waals surface area (Å²) in [5.74, 6) is -2.70. The maximum atomic E-state index is 13.1. The van der Waals surface area contributed by atoms with Gasteiger partial charge in [-0.15, -0.1) is 0 Å². The van der Waals surface area contributed by atoms with Gasteiger partial charge in [-0.25, -0.2) is 9.37 Å². The van der Waals surface area contributed by atoms with Crippen LogP contribution in [0.25, 0.3) is 10.9 Å². The molecule has 1 N–H and O–H groups in total. The van der Waals surface area contributed by atoms with Crippen molar-refractivity contribution in [3.05, 3.63) is 40.2 Å². The van der Waals surface area contributed by atoms with Gasteiger partial charge < -0.3 is 4.98 Å². The van der Waals surface area contributed by atoms with E-state index < -0.39 is 23.1 Å². The van der Waals surface area contributed by atoms with Gasteiger partial charge in [-0.05, 0) is 18.2 Å². The molecule has 6 nitrogen and oxygen atoms in total. The lowest BCUT2D eigenvalue weighted by Crippen LogP contribution is -2.21. The quantitative estimate of drug-likeness (QED) is 0.916. The van der Waals surface area contributed by atoms with Crippen LogP contribution in [-0.2, 0) is 9.59 Å². The molecular formula is C14H10FN3O3S. The maximum absolute atomic E-state index is 13.1. The first-order valence-corrected chi connectivity index (χ1v) is 7.16. The van der Waals surface area contributed by atoms with E-state index in [2.05, 4.69) is 9.97 Å². The van der Waals surface area contributed by atoms with Gasteiger partial charge in [0.05, 0.1) is 22.7 Å². The lowest BCUT2D eigenvalue weighted by molar-refractivity contribution is -0.117. The van der Waals surface area contributed by atoms with Crippen LogP contribution in [-0.4, -0.2) is 26.6 Å². The third kappa shape index (κ3) is 3.38. The number of fused-ring (bicyclic) bond motifs is 1. The second-order valence-electron chi connectivity index (χ2n) is 4.42. The minimum absolute atomic E-state index is 0.0333. The fraction of sp³-hybridized carbons (Fsp3) is 0.214. The number of aromatic amines is 1. The Kier molecular flexibility index (Phi) is 4.68. The monoisotopic (exact) mass is 319 g/mol. The lowest BCUT2D eigenvalue weighted by Gasteiger charge is -2.08. The van der Waals surface area contributed by atoms with E-state index in [0.717, 1.165) is 23.9 Å². The average molecular weight is 319 g/mol. The highest BCUT2D eigenvalue weighted by atomic mass is 32.2. The summed E-state index contributed by atoms with van der Waals surface area (Å²) < 4.78 is 13.1. The van der Waals surface area contributed by atoms with Crippen molar-refractivity contribution < 1.29 is 14.0 Å². The summed E-state index contributed by atoms with van der Waals surface area (Å²) >= 11 is 0.779. The molecule has 0 saturated heterocycles. The van der Waals surface area contributed by atoms with E-state index in [9.17, 15) is 18.8 Å². The molecule has 1 aromatic carbocycles. The summed E-state index contributed by atoms with van der Waals surface area (Å²) in [7, 11) is 0. The van der Waals surface area contributed by atoms with E-state index in [1.807, 2.05) is 0 Å². The molecule has 0 aliphatic carbocycles. The number of rotatable bonds is 4. The lowest BCUT2D eigenvalue weighted by atomic mass is 10.1. The van der Waals surface area contributed by atoms with Crippen LogP contribution in [0.1, 0.15) is 18.7 Å². The number of hydrogen-bond donors (Lipinski definition) is 1. The summed E-state index contributed by atoms with van der Waals surface area (Å²) in [5, 5.41) is 8.92. The summed E-state index contributed by atoms with van der Waals surface area (Å²) in [6.07, 6.45) is 0. The predicted octanol–water partition coefficient (Wildman–Crippen LogP) is 1.52. The SMILES string of the molecule is CC(=O)SCC(=O)[C@H](C#N)c1nc2ccc(F)cc2c(=O)[nH]1. The van der Waals surface area contributed by atoms with Crippen LogP contribution in [0, 0.1) is 17.1 Å². The number of ketones is 1. The molecule has 2 aromatic rings. The number of H-pyrrole nitrogens is 1. The number of aromatic nitrogens is 2. The summed E-state index contributed by atoms with van der Waals surface area (Å²) in [6.45, 7) is 1.31. The van der Waals surface area contributed by atoms with Crippen LogP contribution in [0.3, 0.4) is 0 Å². The van der Waals surface area contributed by atoms with Crippen molar-refractivity contribution in [1.82, 2.24) is 9.97 Å². The Bertz CT molecular complexity index is 857. The van der Waals surface area contributed by atoms with Crippen molar-refractivity contribution in [2.75, 3.05) is 5.75 Å². The molecule has 8 heteroatoms. The minimum atomic E-state index is -1.28. The molecular weight excluding hydrogens is 309 g/mol. The van der Waals surface area contributed by atoms with Gasteiger partial charge in [-0.3, -0.25) is 14.4 Å². The second-order valence-corrected chi connectivity index (χ2v) is 5.57. The highest BCUT2D eigenvalue weighted by Gasteiger charge is 2.23. The Hall–Kier alpha value is -2.53. The number of benzene rings is 1. The van der Waals surface area contributed by atoms with E-state index >= 15 is 0 Å². The van der Waals surface area contributed by atoms with E-state index in [4.69, 9.17) is 5.26 Å². The largest absolute Gasteiger partial charge is 0.308 e. The first-order chi connectivity index (χ1) is 10.4. The van der Waals surface area contributed by atoms with Crippen LogP contribution in [0.15, 0.2) is 23.0 Å². The van der Waals surface area contributed by atoms with Gasteiger partial charge in [0, 0.05) is 6.92 Å². The first kappa shape index (κ1) is 15.9. The van der Waals surface area contributed by atoms with E-state index in [1.165, 1.54) is 13.0 Å². The number of carbonyl (C=O) groups is 2. The zero-order valence-electron chi connectivity index (χ0n) is 11.4. The van der Waals surface area contributed by atoms with Crippen LogP contribution in [0.5, 0.6) is 0 Å². The zero-order valence-corrected chi connectivity index (χ0v) is 12.2. The van der Waals surface area contributed by atoms with Crippen LogP contribution >= 0.6 is 11.8 Å². The molecule has 1 atom stereocenters. The molecule has 2 rings (SSSR count). The molecule has 0 bridgehead atoms. The molecule has 0 fully saturated rings. The van der Waals surface area contributed by atoms with Crippen LogP contribution < -0.4 is 5.56 Å². The molecule has 0 saturated carbocycles. The third-order valence-electron chi connectivity index (χ3n) is 2.83. The number of thioether (sulfide) groups is 1. The Morgan fingerprint density at radius 1 is 1.50 bits per heavy atom. The van der Waals surface area contributed by atoms with E-state index in [-0.39, 0.29) is 27.6 Å². The summed E-state index contributed by atoms with van der Waals surface area (Å²) in [6, 6.07) is 5.22. The number of halogens is 1. The molecule has 0 aliphatic heterocycles. The van der Waals surface area contributed by atoms with Crippen molar-refractivity contribution in [2.45, 2.75) is 12.8 Å². The number of nitrogens with zero attached hydrogens (tertiary/aromatic N) is 2. The van der Waals surface area contributed by atoms with Gasteiger partial charge in [-0.2, -0.15) is 5.26 Å². The summed E-state index contributed by atoms with van der Waals surface area (Å²) in [5.41, 5.74) is -0.445. The van der Waals surface area contributed by atoms with Crippen molar-refractivity contribution in [1.29, 1.82) is 5.26 Å². The molecule has 1 aromatic heterocycles. The molecule has 112 valence electrons. The standard InChI is InChI=1S/C14H10FN3O3S/c1-7(19)22-6-12(20)10(5-16)13-17-11-3-2-8(15)4-9(11)14(21)18-13/h2-4,10H,6H2,1H3,(H,17,18,21)/t10-/m0/s1. The number of hydrogen-bond acceptors (Lipinski definition) is 6. The normalized spacial score (nSPS) is 11.9. The fourth-order valence-corrected chi connectivity index (χ4v) is 2.32. The van der Waals surface area contributed by atoms with Gasteiger partial charge in [0.15, 0.2) is 16.8 Å². The first-order valence-electron chi connectivity index (χ1n) is 6.17. The van der Waals surface area contributed by atoms with Crippen LogP contribution in [0.4, 0.5) is 4.39 Å². The predicted molar refractivity (Wildman–Crippen MR) is 78.8 cm³/mol. The summed E-state index contributed by atoms with van der Waals surface area (Å²) in [4.78, 5) is 41.1. The number of nitrogens with one attached hydrogen (secondary N) is 1. The Morgan fingerprint density at radius 3 is 2.86 bits per heavy atom. The molecule has 0 unspecified atom stereocenters. The third-order valence-corrected chi connectivity index (χ3v) is 3.66. The Balaban J connectivity index is 2.42. The van der Waals surface area contributed by atoms with Crippen molar-refractivity contribution >= 4 is 33.6 Å². The topological polar surface area (TPSA) is 104 Å². The van der Waals surface area contributed by atoms with Gasteiger partial charge in [0.1, 0.15) is 11.6 Å². The fourth-order valence-electron chi connectivity index (χ4n) is 1.81. The number of Topliss-reactive ketones (excluding diaryl/α,β-unsaturated/α-hetero) is 1.